The normalized spacial score (nSPS) is 11.8. The summed E-state index contributed by atoms with van der Waals surface area (Å²) in [5.74, 6) is -0.292. The van der Waals surface area contributed by atoms with Crippen LogP contribution in [0.5, 0.6) is 0 Å². The second-order valence-corrected chi connectivity index (χ2v) is 6.66. The van der Waals surface area contributed by atoms with Crippen LogP contribution in [-0.2, 0) is 11.9 Å². The maximum Gasteiger partial charge on any atom is 0.451 e. The Bertz CT molecular complexity index is 1080. The fourth-order valence-electron chi connectivity index (χ4n) is 2.55. The van der Waals surface area contributed by atoms with Crippen LogP contribution in [0.3, 0.4) is 0 Å². The van der Waals surface area contributed by atoms with Gasteiger partial charge in [-0.1, -0.05) is 65.4 Å². The highest BCUT2D eigenvalue weighted by Gasteiger charge is 2.35. The van der Waals surface area contributed by atoms with E-state index in [0.29, 0.717) is 22.6 Å². The summed E-state index contributed by atoms with van der Waals surface area (Å²) in [6, 6.07) is 17.9. The van der Waals surface area contributed by atoms with Gasteiger partial charge in [-0.25, -0.2) is 9.97 Å². The number of thioether (sulfide) groups is 1. The Morgan fingerprint density at radius 1 is 0.926 bits per heavy atom. The number of fused-ring (bicyclic) bond motifs is 1. The zero-order valence-electron chi connectivity index (χ0n) is 13.8. The molecule has 2 aromatic heterocycles. The molecule has 0 amide bonds. The van der Waals surface area contributed by atoms with Gasteiger partial charge < -0.3 is 4.52 Å². The molecule has 4 rings (SSSR count). The van der Waals surface area contributed by atoms with Crippen LogP contribution < -0.4 is 0 Å². The number of hydrogen-bond donors (Lipinski definition) is 0. The van der Waals surface area contributed by atoms with Gasteiger partial charge in [-0.2, -0.15) is 13.2 Å². The molecule has 0 unspecified atom stereocenters. The topological polar surface area (TPSA) is 51.8 Å². The van der Waals surface area contributed by atoms with Crippen molar-refractivity contribution in [2.24, 2.45) is 0 Å². The molecule has 8 heteroatoms. The molecule has 0 atom stereocenters. The third-order valence-corrected chi connectivity index (χ3v) is 4.81. The maximum atomic E-state index is 13.1. The lowest BCUT2D eigenvalue weighted by molar-refractivity contribution is -0.145. The lowest BCUT2D eigenvalue weighted by Gasteiger charge is -2.09. The minimum absolute atomic E-state index is 0.255. The standard InChI is InChI=1S/C19H12F3N3OS/c20-19(21,22)18-23-15-9-5-4-8-14(15)17(24-18)27-11-13-10-16(25-26-13)12-6-2-1-3-7-12/h1-10H,11H2. The average molecular weight is 387 g/mol. The molecule has 0 aliphatic heterocycles. The van der Waals surface area contributed by atoms with Gasteiger partial charge in [-0.15, -0.1) is 0 Å². The lowest BCUT2D eigenvalue weighted by Crippen LogP contribution is -2.11. The van der Waals surface area contributed by atoms with E-state index < -0.39 is 12.0 Å². The van der Waals surface area contributed by atoms with Gasteiger partial charge in [0.05, 0.1) is 11.3 Å². The summed E-state index contributed by atoms with van der Waals surface area (Å²) in [6.45, 7) is 0. The molecule has 0 aliphatic rings. The van der Waals surface area contributed by atoms with E-state index in [1.807, 2.05) is 30.3 Å². The van der Waals surface area contributed by atoms with Crippen LogP contribution in [0.25, 0.3) is 22.2 Å². The third kappa shape index (κ3) is 3.80. The van der Waals surface area contributed by atoms with Crippen LogP contribution in [0.1, 0.15) is 11.6 Å². The first-order valence-electron chi connectivity index (χ1n) is 7.98. The molecule has 0 N–H and O–H groups in total. The Morgan fingerprint density at radius 3 is 2.44 bits per heavy atom. The van der Waals surface area contributed by atoms with E-state index in [0.717, 1.165) is 17.3 Å². The molecule has 136 valence electrons. The second-order valence-electron chi connectivity index (χ2n) is 5.70. The molecular formula is C19H12F3N3OS. The van der Waals surface area contributed by atoms with Gasteiger partial charge in [0.15, 0.2) is 0 Å². The fraction of sp³-hybridized carbons (Fsp3) is 0.105. The minimum Gasteiger partial charge on any atom is -0.360 e. The van der Waals surface area contributed by atoms with Crippen molar-refractivity contribution in [2.45, 2.75) is 17.0 Å². The summed E-state index contributed by atoms with van der Waals surface area (Å²) in [4.78, 5) is 7.34. The first-order chi connectivity index (χ1) is 13.0. The molecule has 0 saturated carbocycles. The molecule has 2 aromatic carbocycles. The quantitative estimate of drug-likeness (QED) is 0.337. The predicted molar refractivity (Wildman–Crippen MR) is 96.0 cm³/mol. The summed E-state index contributed by atoms with van der Waals surface area (Å²) in [6.07, 6.45) is -4.61. The number of nitrogens with zero attached hydrogens (tertiary/aromatic N) is 3. The molecule has 4 nitrogen and oxygen atoms in total. The van der Waals surface area contributed by atoms with Crippen molar-refractivity contribution in [3.63, 3.8) is 0 Å². The Morgan fingerprint density at radius 2 is 1.67 bits per heavy atom. The molecule has 0 radical (unpaired) electrons. The van der Waals surface area contributed by atoms with Crippen LogP contribution >= 0.6 is 11.8 Å². The number of aromatic nitrogens is 3. The number of alkyl halides is 3. The summed E-state index contributed by atoms with van der Waals surface area (Å²) in [7, 11) is 0. The van der Waals surface area contributed by atoms with Crippen LogP contribution in [0.15, 0.2) is 70.2 Å². The van der Waals surface area contributed by atoms with E-state index >= 15 is 0 Å². The minimum atomic E-state index is -4.61. The van der Waals surface area contributed by atoms with Crippen molar-refractivity contribution in [3.05, 3.63) is 72.2 Å². The fourth-order valence-corrected chi connectivity index (χ4v) is 3.44. The predicted octanol–water partition coefficient (Wildman–Crippen LogP) is 5.60. The van der Waals surface area contributed by atoms with E-state index in [9.17, 15) is 13.2 Å². The Hall–Kier alpha value is -2.87. The van der Waals surface area contributed by atoms with Crippen molar-refractivity contribution >= 4 is 22.7 Å². The van der Waals surface area contributed by atoms with Gasteiger partial charge in [0, 0.05) is 17.0 Å². The smallest absolute Gasteiger partial charge is 0.360 e. The molecule has 0 spiro atoms. The number of rotatable bonds is 4. The zero-order valence-corrected chi connectivity index (χ0v) is 14.6. The molecule has 27 heavy (non-hydrogen) atoms. The molecule has 0 bridgehead atoms. The lowest BCUT2D eigenvalue weighted by atomic mass is 10.1. The molecule has 0 saturated heterocycles. The van der Waals surface area contributed by atoms with Crippen molar-refractivity contribution < 1.29 is 17.7 Å². The second kappa shape index (κ2) is 7.03. The first-order valence-corrected chi connectivity index (χ1v) is 8.97. The van der Waals surface area contributed by atoms with Crippen LogP contribution in [-0.4, -0.2) is 15.1 Å². The zero-order chi connectivity index (χ0) is 18.9. The monoisotopic (exact) mass is 387 g/mol. The van der Waals surface area contributed by atoms with E-state index in [4.69, 9.17) is 4.52 Å². The van der Waals surface area contributed by atoms with Crippen LogP contribution in [0.4, 0.5) is 13.2 Å². The van der Waals surface area contributed by atoms with Crippen molar-refractivity contribution in [2.75, 3.05) is 0 Å². The van der Waals surface area contributed by atoms with Crippen molar-refractivity contribution in [1.29, 1.82) is 0 Å². The largest absolute Gasteiger partial charge is 0.451 e. The Kier molecular flexibility index (Phi) is 4.57. The highest BCUT2D eigenvalue weighted by atomic mass is 32.2. The molecule has 0 fully saturated rings. The van der Waals surface area contributed by atoms with Gasteiger partial charge in [0.2, 0.25) is 5.82 Å². The molecule has 0 aliphatic carbocycles. The number of halogens is 3. The van der Waals surface area contributed by atoms with E-state index in [1.165, 1.54) is 6.07 Å². The first kappa shape index (κ1) is 17.5. The number of hydrogen-bond acceptors (Lipinski definition) is 5. The van der Waals surface area contributed by atoms with E-state index in [1.54, 1.807) is 24.3 Å². The van der Waals surface area contributed by atoms with Crippen molar-refractivity contribution in [3.8, 4) is 11.3 Å². The SMILES string of the molecule is FC(F)(F)c1nc(SCc2cc(-c3ccccc3)no2)c2ccccc2n1. The van der Waals surface area contributed by atoms with E-state index in [2.05, 4.69) is 15.1 Å². The molecule has 4 aromatic rings. The summed E-state index contributed by atoms with van der Waals surface area (Å²) < 4.78 is 44.6. The maximum absolute atomic E-state index is 13.1. The third-order valence-electron chi connectivity index (χ3n) is 3.80. The van der Waals surface area contributed by atoms with Gasteiger partial charge in [-0.3, -0.25) is 0 Å². The van der Waals surface area contributed by atoms with E-state index in [-0.39, 0.29) is 10.5 Å². The van der Waals surface area contributed by atoms with Gasteiger partial charge in [0.25, 0.3) is 0 Å². The van der Waals surface area contributed by atoms with Gasteiger partial charge >= 0.3 is 6.18 Å². The summed E-state index contributed by atoms with van der Waals surface area (Å²) in [5.41, 5.74) is 1.84. The molecular weight excluding hydrogens is 375 g/mol. The van der Waals surface area contributed by atoms with Crippen LogP contribution in [0, 0.1) is 0 Å². The Balaban J connectivity index is 1.61. The van der Waals surface area contributed by atoms with Crippen molar-refractivity contribution in [1.82, 2.24) is 15.1 Å². The molecule has 2 heterocycles. The highest BCUT2D eigenvalue weighted by molar-refractivity contribution is 7.98. The summed E-state index contributed by atoms with van der Waals surface area (Å²) >= 11 is 1.16. The summed E-state index contributed by atoms with van der Waals surface area (Å²) in [5, 5.41) is 4.84. The van der Waals surface area contributed by atoms with Gasteiger partial charge in [0.1, 0.15) is 16.5 Å². The van der Waals surface area contributed by atoms with Gasteiger partial charge in [-0.05, 0) is 6.07 Å². The average Bonchev–Trinajstić information content (AvgIpc) is 3.15. The number of benzene rings is 2. The highest BCUT2D eigenvalue weighted by Crippen LogP contribution is 2.33. The number of para-hydroxylation sites is 1. The Labute approximate surface area is 156 Å². The van der Waals surface area contributed by atoms with Crippen LogP contribution in [0.2, 0.25) is 0 Å².